The molecule has 2 heterocycles. The number of rotatable bonds is 4. The van der Waals surface area contributed by atoms with Crippen molar-refractivity contribution in [1.29, 1.82) is 0 Å². The van der Waals surface area contributed by atoms with E-state index in [0.717, 1.165) is 21.1 Å². The molecule has 2 amide bonds. The minimum Gasteiger partial charge on any atom is -0.334 e. The molecule has 39 heavy (non-hydrogen) atoms. The van der Waals surface area contributed by atoms with Gasteiger partial charge in [-0.05, 0) is 79.9 Å². The molecule has 1 aliphatic rings. The highest BCUT2D eigenvalue weighted by molar-refractivity contribution is 9.10. The SMILES string of the molecule is Cc1cc(-c2nc3cc(F)ccc3n2C)ccc1NC(=O)C(=O)N1CCC(S(=O)(=O)c2ccc(Br)cc2)CC1. The first-order valence-electron chi connectivity index (χ1n) is 12.4. The Morgan fingerprint density at radius 3 is 2.38 bits per heavy atom. The molecule has 1 saturated heterocycles. The number of likely N-dealkylation sites (tertiary alicyclic amines) is 1. The number of carbonyl (C=O) groups excluding carboxylic acids is 2. The highest BCUT2D eigenvalue weighted by Gasteiger charge is 2.34. The normalized spacial score (nSPS) is 14.5. The van der Waals surface area contributed by atoms with Crippen molar-refractivity contribution in [2.45, 2.75) is 29.9 Å². The lowest BCUT2D eigenvalue weighted by molar-refractivity contribution is -0.143. The number of halogens is 2. The summed E-state index contributed by atoms with van der Waals surface area (Å²) in [6, 6.07) is 16.3. The average Bonchev–Trinajstić information content (AvgIpc) is 3.24. The number of hydrogen-bond donors (Lipinski definition) is 1. The number of fused-ring (bicyclic) bond motifs is 1. The van der Waals surface area contributed by atoms with E-state index in [-0.39, 0.29) is 36.6 Å². The number of aromatic nitrogens is 2. The summed E-state index contributed by atoms with van der Waals surface area (Å²) in [5.74, 6) is -1.19. The highest BCUT2D eigenvalue weighted by Crippen LogP contribution is 2.29. The standard InChI is InChI=1S/C28H26BrFN4O4S/c1-17-15-18(26-31-24-16-20(30)6-10-25(24)33(26)2)3-9-23(17)32-27(35)28(36)34-13-11-22(12-14-34)39(37,38)21-7-4-19(29)5-8-21/h3-10,15-16,22H,11-14H2,1-2H3,(H,32,35). The summed E-state index contributed by atoms with van der Waals surface area (Å²) in [5, 5.41) is 2.07. The lowest BCUT2D eigenvalue weighted by Crippen LogP contribution is -2.46. The molecular weight excluding hydrogens is 587 g/mol. The third-order valence-corrected chi connectivity index (χ3v) is 9.89. The van der Waals surface area contributed by atoms with Crippen molar-refractivity contribution in [3.63, 3.8) is 0 Å². The molecule has 0 spiro atoms. The molecule has 11 heteroatoms. The van der Waals surface area contributed by atoms with Crippen molar-refractivity contribution in [3.8, 4) is 11.4 Å². The minimum atomic E-state index is -3.53. The molecule has 0 unspecified atom stereocenters. The van der Waals surface area contributed by atoms with Crippen LogP contribution in [0, 0.1) is 12.7 Å². The Balaban J connectivity index is 1.24. The lowest BCUT2D eigenvalue weighted by Gasteiger charge is -2.31. The predicted molar refractivity (Wildman–Crippen MR) is 150 cm³/mol. The summed E-state index contributed by atoms with van der Waals surface area (Å²) in [7, 11) is -1.68. The third kappa shape index (κ3) is 5.33. The molecule has 1 aliphatic heterocycles. The molecule has 1 fully saturated rings. The maximum absolute atomic E-state index is 13.6. The topological polar surface area (TPSA) is 101 Å². The van der Waals surface area contributed by atoms with E-state index in [2.05, 4.69) is 26.2 Å². The van der Waals surface area contributed by atoms with E-state index in [0.29, 0.717) is 17.0 Å². The number of anilines is 1. The van der Waals surface area contributed by atoms with Crippen molar-refractivity contribution >= 4 is 54.3 Å². The van der Waals surface area contributed by atoms with Gasteiger partial charge in [0.1, 0.15) is 11.6 Å². The summed E-state index contributed by atoms with van der Waals surface area (Å²) in [6.07, 6.45) is 0.514. The molecule has 3 aromatic carbocycles. The van der Waals surface area contributed by atoms with Gasteiger partial charge in [0.05, 0.1) is 21.2 Å². The third-order valence-electron chi connectivity index (χ3n) is 7.08. The Kier molecular flexibility index (Phi) is 7.30. The summed E-state index contributed by atoms with van der Waals surface area (Å²) in [4.78, 5) is 31.8. The number of piperidine rings is 1. The first kappa shape index (κ1) is 27.0. The van der Waals surface area contributed by atoms with E-state index in [4.69, 9.17) is 0 Å². The summed E-state index contributed by atoms with van der Waals surface area (Å²) >= 11 is 3.31. The van der Waals surface area contributed by atoms with Crippen LogP contribution in [0.3, 0.4) is 0 Å². The Morgan fingerprint density at radius 2 is 1.72 bits per heavy atom. The molecule has 0 aliphatic carbocycles. The second kappa shape index (κ2) is 10.5. The van der Waals surface area contributed by atoms with Crippen LogP contribution in [0.2, 0.25) is 0 Å². The van der Waals surface area contributed by atoms with E-state index in [1.807, 2.05) is 24.6 Å². The second-order valence-corrected chi connectivity index (χ2v) is 12.7. The van der Waals surface area contributed by atoms with Crippen LogP contribution >= 0.6 is 15.9 Å². The first-order chi connectivity index (χ1) is 18.5. The second-order valence-electron chi connectivity index (χ2n) is 9.60. The van der Waals surface area contributed by atoms with Gasteiger partial charge in [-0.1, -0.05) is 15.9 Å². The van der Waals surface area contributed by atoms with Gasteiger partial charge in [-0.25, -0.2) is 17.8 Å². The van der Waals surface area contributed by atoms with Crippen LogP contribution < -0.4 is 5.32 Å². The number of benzene rings is 3. The van der Waals surface area contributed by atoms with Crippen molar-refractivity contribution in [3.05, 3.63) is 76.5 Å². The number of imidazole rings is 1. The van der Waals surface area contributed by atoms with E-state index in [1.165, 1.54) is 17.0 Å². The van der Waals surface area contributed by atoms with Crippen LogP contribution in [-0.2, 0) is 26.5 Å². The zero-order valence-electron chi connectivity index (χ0n) is 21.3. The molecule has 5 rings (SSSR count). The molecule has 8 nitrogen and oxygen atoms in total. The van der Waals surface area contributed by atoms with Gasteiger partial charge in [0, 0.05) is 41.9 Å². The van der Waals surface area contributed by atoms with Crippen molar-refractivity contribution in [2.24, 2.45) is 7.05 Å². The van der Waals surface area contributed by atoms with Crippen LogP contribution in [0.4, 0.5) is 10.1 Å². The number of nitrogens with zero attached hydrogens (tertiary/aromatic N) is 3. The van der Waals surface area contributed by atoms with Gasteiger partial charge in [-0.3, -0.25) is 9.59 Å². The molecule has 0 bridgehead atoms. The summed E-state index contributed by atoms with van der Waals surface area (Å²) < 4.78 is 42.2. The molecule has 4 aromatic rings. The van der Waals surface area contributed by atoms with E-state index >= 15 is 0 Å². The molecule has 202 valence electrons. The molecule has 0 radical (unpaired) electrons. The van der Waals surface area contributed by atoms with Gasteiger partial charge >= 0.3 is 11.8 Å². The van der Waals surface area contributed by atoms with Gasteiger partial charge < -0.3 is 14.8 Å². The van der Waals surface area contributed by atoms with Gasteiger partial charge in [0.25, 0.3) is 0 Å². The van der Waals surface area contributed by atoms with E-state index in [1.54, 1.807) is 42.5 Å². The molecule has 1 aromatic heterocycles. The quantitative estimate of drug-likeness (QED) is 0.332. The number of carbonyl (C=O) groups is 2. The maximum Gasteiger partial charge on any atom is 0.313 e. The molecule has 0 atom stereocenters. The number of nitrogens with one attached hydrogen (secondary N) is 1. The van der Waals surface area contributed by atoms with Crippen molar-refractivity contribution < 1.29 is 22.4 Å². The molecule has 0 saturated carbocycles. The van der Waals surface area contributed by atoms with Crippen molar-refractivity contribution in [1.82, 2.24) is 14.5 Å². The number of amides is 2. The Hall–Kier alpha value is -3.57. The fourth-order valence-corrected chi connectivity index (χ4v) is 6.88. The fourth-order valence-electron chi connectivity index (χ4n) is 4.88. The number of aryl methyl sites for hydroxylation is 2. The van der Waals surface area contributed by atoms with Gasteiger partial charge in [-0.2, -0.15) is 0 Å². The average molecular weight is 614 g/mol. The van der Waals surface area contributed by atoms with Crippen LogP contribution in [0.5, 0.6) is 0 Å². The van der Waals surface area contributed by atoms with Gasteiger partial charge in [-0.15, -0.1) is 0 Å². The van der Waals surface area contributed by atoms with Crippen LogP contribution in [-0.4, -0.2) is 53.0 Å². The van der Waals surface area contributed by atoms with Crippen LogP contribution in [0.25, 0.3) is 22.4 Å². The molecular formula is C28H26BrFN4O4S. The Bertz CT molecular complexity index is 1690. The van der Waals surface area contributed by atoms with Crippen LogP contribution in [0.15, 0.2) is 70.0 Å². The minimum absolute atomic E-state index is 0.178. The monoisotopic (exact) mass is 612 g/mol. The van der Waals surface area contributed by atoms with Gasteiger partial charge in [0.15, 0.2) is 9.84 Å². The highest BCUT2D eigenvalue weighted by atomic mass is 79.9. The first-order valence-corrected chi connectivity index (χ1v) is 14.7. The number of sulfone groups is 1. The fraction of sp³-hybridized carbons (Fsp3) is 0.250. The van der Waals surface area contributed by atoms with Gasteiger partial charge in [0.2, 0.25) is 0 Å². The van der Waals surface area contributed by atoms with Crippen molar-refractivity contribution in [2.75, 3.05) is 18.4 Å². The van der Waals surface area contributed by atoms with Crippen LogP contribution in [0.1, 0.15) is 18.4 Å². The predicted octanol–water partition coefficient (Wildman–Crippen LogP) is 4.85. The Labute approximate surface area is 233 Å². The Morgan fingerprint density at radius 1 is 1.03 bits per heavy atom. The summed E-state index contributed by atoms with van der Waals surface area (Å²) in [6.45, 7) is 2.17. The smallest absolute Gasteiger partial charge is 0.313 e. The largest absolute Gasteiger partial charge is 0.334 e. The zero-order valence-corrected chi connectivity index (χ0v) is 23.7. The summed E-state index contributed by atoms with van der Waals surface area (Å²) in [5.41, 5.74) is 3.33. The number of hydrogen-bond acceptors (Lipinski definition) is 5. The zero-order chi connectivity index (χ0) is 27.9. The molecule has 1 N–H and O–H groups in total. The van der Waals surface area contributed by atoms with E-state index in [9.17, 15) is 22.4 Å². The van der Waals surface area contributed by atoms with E-state index < -0.39 is 26.9 Å². The maximum atomic E-state index is 13.6. The lowest BCUT2D eigenvalue weighted by atomic mass is 10.1.